The van der Waals surface area contributed by atoms with Crippen molar-refractivity contribution >= 4 is 11.3 Å². The molecule has 0 radical (unpaired) electrons. The lowest BCUT2D eigenvalue weighted by molar-refractivity contribution is 0.119. The number of hydrogen-bond donors (Lipinski definition) is 1. The zero-order valence-electron chi connectivity index (χ0n) is 11.8. The molecule has 0 amide bonds. The first-order valence-corrected chi connectivity index (χ1v) is 8.20. The first kappa shape index (κ1) is 13.7. The van der Waals surface area contributed by atoms with Gasteiger partial charge in [-0.2, -0.15) is 0 Å². The maximum atomic E-state index is 4.45. The van der Waals surface area contributed by atoms with Crippen LogP contribution in [0.4, 0.5) is 0 Å². The van der Waals surface area contributed by atoms with Crippen LogP contribution in [0.2, 0.25) is 0 Å². The summed E-state index contributed by atoms with van der Waals surface area (Å²) < 4.78 is 0. The molecule has 4 heteroatoms. The molecule has 0 spiro atoms. The minimum atomic E-state index is 0.445. The van der Waals surface area contributed by atoms with Crippen molar-refractivity contribution in [3.05, 3.63) is 52.5 Å². The summed E-state index contributed by atoms with van der Waals surface area (Å²) in [5, 5.41) is 5.83. The lowest BCUT2D eigenvalue weighted by Gasteiger charge is -2.40. The smallest absolute Gasteiger partial charge is 0.0795 e. The highest BCUT2D eigenvalue weighted by Gasteiger charge is 2.28. The molecule has 3 rings (SSSR count). The molecule has 1 saturated heterocycles. The average Bonchev–Trinajstić information content (AvgIpc) is 3.01. The summed E-state index contributed by atoms with van der Waals surface area (Å²) in [6.45, 7) is 5.31. The van der Waals surface area contributed by atoms with Gasteiger partial charge in [-0.05, 0) is 12.0 Å². The first-order valence-electron chi connectivity index (χ1n) is 7.26. The molecule has 1 aromatic heterocycles. The van der Waals surface area contributed by atoms with Gasteiger partial charge in [-0.3, -0.25) is 4.90 Å². The third kappa shape index (κ3) is 3.08. The highest BCUT2D eigenvalue weighted by Crippen LogP contribution is 2.26. The van der Waals surface area contributed by atoms with E-state index in [0.717, 1.165) is 19.6 Å². The number of thiazole rings is 1. The van der Waals surface area contributed by atoms with Gasteiger partial charge in [0.15, 0.2) is 0 Å². The largest absolute Gasteiger partial charge is 0.311 e. The van der Waals surface area contributed by atoms with E-state index < -0.39 is 0 Å². The monoisotopic (exact) mass is 287 g/mol. The topological polar surface area (TPSA) is 28.2 Å². The van der Waals surface area contributed by atoms with Gasteiger partial charge in [0.2, 0.25) is 0 Å². The van der Waals surface area contributed by atoms with E-state index in [1.807, 2.05) is 5.51 Å². The van der Waals surface area contributed by atoms with E-state index in [-0.39, 0.29) is 0 Å². The van der Waals surface area contributed by atoms with Gasteiger partial charge in [-0.25, -0.2) is 4.98 Å². The Balaban J connectivity index is 1.79. The molecule has 1 aliphatic heterocycles. The molecule has 20 heavy (non-hydrogen) atoms. The Morgan fingerprint density at radius 1 is 1.35 bits per heavy atom. The van der Waals surface area contributed by atoms with Crippen molar-refractivity contribution in [2.24, 2.45) is 0 Å². The number of piperazine rings is 1. The zero-order valence-corrected chi connectivity index (χ0v) is 12.6. The maximum absolute atomic E-state index is 4.45. The summed E-state index contributed by atoms with van der Waals surface area (Å²) in [5.41, 5.74) is 4.50. The molecule has 0 bridgehead atoms. The van der Waals surface area contributed by atoms with E-state index >= 15 is 0 Å². The highest BCUT2D eigenvalue weighted by molar-refractivity contribution is 7.07. The second-order valence-corrected chi connectivity index (χ2v) is 6.07. The summed E-state index contributed by atoms with van der Waals surface area (Å²) in [6, 6.07) is 11.8. The fourth-order valence-electron chi connectivity index (χ4n) is 2.86. The van der Waals surface area contributed by atoms with Crippen molar-refractivity contribution in [2.45, 2.75) is 32.0 Å². The fraction of sp³-hybridized carbons (Fsp3) is 0.438. The van der Waals surface area contributed by atoms with Crippen molar-refractivity contribution < 1.29 is 0 Å². The van der Waals surface area contributed by atoms with E-state index in [4.69, 9.17) is 0 Å². The SMILES string of the molecule is CCC1CN(Cc2cscn2)C(c2ccccc2)CN1. The molecule has 2 aromatic rings. The van der Waals surface area contributed by atoms with Crippen molar-refractivity contribution in [1.82, 2.24) is 15.2 Å². The van der Waals surface area contributed by atoms with Gasteiger partial charge >= 0.3 is 0 Å². The van der Waals surface area contributed by atoms with Gasteiger partial charge in [-0.1, -0.05) is 37.3 Å². The molecule has 1 aliphatic rings. The molecule has 2 heterocycles. The predicted molar refractivity (Wildman–Crippen MR) is 83.8 cm³/mol. The van der Waals surface area contributed by atoms with Gasteiger partial charge in [0.25, 0.3) is 0 Å². The van der Waals surface area contributed by atoms with Gasteiger partial charge in [0, 0.05) is 37.1 Å². The van der Waals surface area contributed by atoms with Crippen LogP contribution in [0.1, 0.15) is 30.6 Å². The van der Waals surface area contributed by atoms with Crippen molar-refractivity contribution in [3.63, 3.8) is 0 Å². The normalized spacial score (nSPS) is 23.9. The van der Waals surface area contributed by atoms with Crippen LogP contribution in [0.3, 0.4) is 0 Å². The van der Waals surface area contributed by atoms with Gasteiger partial charge in [-0.15, -0.1) is 11.3 Å². The lowest BCUT2D eigenvalue weighted by atomic mass is 10.00. The minimum absolute atomic E-state index is 0.445. The van der Waals surface area contributed by atoms with Crippen LogP contribution < -0.4 is 5.32 Å². The number of rotatable bonds is 4. The van der Waals surface area contributed by atoms with E-state index in [2.05, 4.69) is 57.8 Å². The number of nitrogens with one attached hydrogen (secondary N) is 1. The Kier molecular flexibility index (Phi) is 4.45. The number of nitrogens with zero attached hydrogens (tertiary/aromatic N) is 2. The minimum Gasteiger partial charge on any atom is -0.311 e. The lowest BCUT2D eigenvalue weighted by Crippen LogP contribution is -2.51. The van der Waals surface area contributed by atoms with Crippen LogP contribution in [0.15, 0.2) is 41.2 Å². The van der Waals surface area contributed by atoms with Crippen LogP contribution >= 0.6 is 11.3 Å². The van der Waals surface area contributed by atoms with Crippen molar-refractivity contribution in [1.29, 1.82) is 0 Å². The van der Waals surface area contributed by atoms with E-state index in [9.17, 15) is 0 Å². The van der Waals surface area contributed by atoms with Gasteiger partial charge in [0.1, 0.15) is 0 Å². The fourth-order valence-corrected chi connectivity index (χ4v) is 3.41. The molecule has 1 N–H and O–H groups in total. The number of aromatic nitrogens is 1. The average molecular weight is 287 g/mol. The number of benzene rings is 1. The van der Waals surface area contributed by atoms with Crippen LogP contribution in [0.25, 0.3) is 0 Å². The summed E-state index contributed by atoms with van der Waals surface area (Å²) >= 11 is 1.68. The highest BCUT2D eigenvalue weighted by atomic mass is 32.1. The number of hydrogen-bond acceptors (Lipinski definition) is 4. The molecule has 0 saturated carbocycles. The Labute approximate surface area is 124 Å². The zero-order chi connectivity index (χ0) is 13.8. The maximum Gasteiger partial charge on any atom is 0.0795 e. The molecule has 2 atom stereocenters. The molecule has 2 unspecified atom stereocenters. The van der Waals surface area contributed by atoms with E-state index in [1.165, 1.54) is 17.7 Å². The van der Waals surface area contributed by atoms with Crippen LogP contribution in [0.5, 0.6) is 0 Å². The van der Waals surface area contributed by atoms with Crippen LogP contribution in [0, 0.1) is 0 Å². The Morgan fingerprint density at radius 3 is 2.90 bits per heavy atom. The molecule has 106 valence electrons. The first-order chi connectivity index (χ1) is 9.86. The van der Waals surface area contributed by atoms with Gasteiger partial charge in [0.05, 0.1) is 11.2 Å². The third-order valence-corrected chi connectivity index (χ3v) is 4.66. The standard InChI is InChI=1S/C16H21N3S/c1-2-14-9-19(10-15-11-20-12-18-15)16(8-17-14)13-6-4-3-5-7-13/h3-7,11-12,14,16-17H,2,8-10H2,1H3. The second-order valence-electron chi connectivity index (χ2n) is 5.35. The second kappa shape index (κ2) is 6.48. The molecule has 3 nitrogen and oxygen atoms in total. The summed E-state index contributed by atoms with van der Waals surface area (Å²) in [7, 11) is 0. The quantitative estimate of drug-likeness (QED) is 0.936. The Bertz CT molecular complexity index is 512. The van der Waals surface area contributed by atoms with Crippen LogP contribution in [-0.4, -0.2) is 29.0 Å². The molecule has 1 aromatic carbocycles. The summed E-state index contributed by atoms with van der Waals surface area (Å²) in [4.78, 5) is 7.01. The Morgan fingerprint density at radius 2 is 2.20 bits per heavy atom. The third-order valence-electron chi connectivity index (χ3n) is 4.02. The molecular weight excluding hydrogens is 266 g/mol. The van der Waals surface area contributed by atoms with Crippen molar-refractivity contribution in [3.8, 4) is 0 Å². The summed E-state index contributed by atoms with van der Waals surface area (Å²) in [5.74, 6) is 0. The Hall–Kier alpha value is -1.23. The van der Waals surface area contributed by atoms with E-state index in [1.54, 1.807) is 11.3 Å². The molecule has 0 aliphatic carbocycles. The van der Waals surface area contributed by atoms with Gasteiger partial charge < -0.3 is 5.32 Å². The van der Waals surface area contributed by atoms with Crippen molar-refractivity contribution in [2.75, 3.05) is 13.1 Å². The van der Waals surface area contributed by atoms with E-state index in [0.29, 0.717) is 12.1 Å². The predicted octanol–water partition coefficient (Wildman–Crippen LogP) is 3.07. The van der Waals surface area contributed by atoms with Crippen LogP contribution in [-0.2, 0) is 6.54 Å². The molecular formula is C16H21N3S. The molecule has 1 fully saturated rings. The summed E-state index contributed by atoms with van der Waals surface area (Å²) in [6.07, 6.45) is 1.18.